The molecule has 1 aliphatic carbocycles. The average Bonchev–Trinajstić information content (AvgIpc) is 2.83. The van der Waals surface area contributed by atoms with E-state index in [4.69, 9.17) is 21.1 Å². The van der Waals surface area contributed by atoms with Crippen molar-refractivity contribution in [2.24, 2.45) is 0 Å². The van der Waals surface area contributed by atoms with Gasteiger partial charge in [0.2, 0.25) is 0 Å². The summed E-state index contributed by atoms with van der Waals surface area (Å²) in [6, 6.07) is 4.23. The maximum Gasteiger partial charge on any atom is 0.143 e. The van der Waals surface area contributed by atoms with E-state index in [0.29, 0.717) is 16.8 Å². The largest absolute Gasteiger partial charge is 0.495 e. The van der Waals surface area contributed by atoms with Crippen molar-refractivity contribution in [1.82, 2.24) is 0 Å². The minimum atomic E-state index is 0.537. The molecule has 1 fully saturated rings. The van der Waals surface area contributed by atoms with Gasteiger partial charge in [0.15, 0.2) is 0 Å². The normalized spacial score (nSPS) is 15.9. The van der Waals surface area contributed by atoms with Crippen molar-refractivity contribution in [2.45, 2.75) is 31.7 Å². The van der Waals surface area contributed by atoms with Gasteiger partial charge in [0.25, 0.3) is 0 Å². The quantitative estimate of drug-likeness (QED) is 0.890. The summed E-state index contributed by atoms with van der Waals surface area (Å²) in [5.41, 5.74) is 0.959. The molecular weight excluding hydrogens is 238 g/mol. The molecule has 17 heavy (non-hydrogen) atoms. The summed E-state index contributed by atoms with van der Waals surface area (Å²) in [6.45, 7) is 0. The monoisotopic (exact) mass is 255 g/mol. The summed E-state index contributed by atoms with van der Waals surface area (Å²) in [5.74, 6) is 1.44. The lowest BCUT2D eigenvalue weighted by Gasteiger charge is -2.18. The van der Waals surface area contributed by atoms with Crippen molar-refractivity contribution in [3.05, 3.63) is 17.2 Å². The molecule has 1 aliphatic rings. The number of rotatable bonds is 4. The zero-order valence-corrected chi connectivity index (χ0v) is 11.0. The first kappa shape index (κ1) is 12.4. The van der Waals surface area contributed by atoms with Crippen molar-refractivity contribution in [2.75, 3.05) is 19.5 Å². The van der Waals surface area contributed by atoms with E-state index in [-0.39, 0.29) is 0 Å². The van der Waals surface area contributed by atoms with Gasteiger partial charge in [0, 0.05) is 18.2 Å². The molecule has 0 bridgehead atoms. The fraction of sp³-hybridized carbons (Fsp3) is 0.538. The van der Waals surface area contributed by atoms with E-state index < -0.39 is 0 Å². The van der Waals surface area contributed by atoms with Crippen LogP contribution in [0.15, 0.2) is 12.1 Å². The van der Waals surface area contributed by atoms with Crippen LogP contribution >= 0.6 is 11.6 Å². The Labute approximate surface area is 107 Å². The summed E-state index contributed by atoms with van der Waals surface area (Å²) in [7, 11) is 3.27. The van der Waals surface area contributed by atoms with Crippen molar-refractivity contribution in [1.29, 1.82) is 0 Å². The molecule has 0 spiro atoms. The van der Waals surface area contributed by atoms with Crippen LogP contribution in [0, 0.1) is 0 Å². The molecule has 4 heteroatoms. The summed E-state index contributed by atoms with van der Waals surface area (Å²) < 4.78 is 10.6. The average molecular weight is 256 g/mol. The van der Waals surface area contributed by atoms with Crippen LogP contribution in [0.3, 0.4) is 0 Å². The summed E-state index contributed by atoms with van der Waals surface area (Å²) in [5, 5.41) is 4.07. The molecule has 0 unspecified atom stereocenters. The molecule has 0 heterocycles. The molecule has 2 rings (SSSR count). The molecule has 1 aromatic rings. The fourth-order valence-corrected chi connectivity index (χ4v) is 2.49. The van der Waals surface area contributed by atoms with Gasteiger partial charge >= 0.3 is 0 Å². The second kappa shape index (κ2) is 5.50. The van der Waals surface area contributed by atoms with E-state index in [9.17, 15) is 0 Å². The van der Waals surface area contributed by atoms with Gasteiger partial charge in [-0.2, -0.15) is 0 Å². The Kier molecular flexibility index (Phi) is 4.00. The second-order valence-electron chi connectivity index (χ2n) is 4.31. The Morgan fingerprint density at radius 2 is 1.76 bits per heavy atom. The number of anilines is 1. The van der Waals surface area contributed by atoms with Gasteiger partial charge in [-0.1, -0.05) is 24.4 Å². The number of nitrogens with one attached hydrogen (secondary N) is 1. The van der Waals surface area contributed by atoms with E-state index in [2.05, 4.69) is 5.32 Å². The number of hydrogen-bond donors (Lipinski definition) is 1. The first-order valence-electron chi connectivity index (χ1n) is 5.92. The predicted molar refractivity (Wildman–Crippen MR) is 70.4 cm³/mol. The lowest BCUT2D eigenvalue weighted by atomic mass is 10.2. The number of halogens is 1. The molecule has 3 nitrogen and oxygen atoms in total. The maximum atomic E-state index is 6.06. The van der Waals surface area contributed by atoms with Crippen molar-refractivity contribution < 1.29 is 9.47 Å². The number of hydrogen-bond acceptors (Lipinski definition) is 3. The highest BCUT2D eigenvalue weighted by molar-refractivity contribution is 6.32. The van der Waals surface area contributed by atoms with E-state index in [1.165, 1.54) is 25.7 Å². The van der Waals surface area contributed by atoms with Crippen LogP contribution in [0.1, 0.15) is 25.7 Å². The SMILES string of the molecule is COc1cc(NC2CCCC2)c(OC)cc1Cl. The highest BCUT2D eigenvalue weighted by Gasteiger charge is 2.17. The van der Waals surface area contributed by atoms with Crippen LogP contribution in [0.2, 0.25) is 5.02 Å². The Bertz CT molecular complexity index is 389. The molecular formula is C13H18ClNO2. The van der Waals surface area contributed by atoms with E-state index in [0.717, 1.165) is 11.4 Å². The fourth-order valence-electron chi connectivity index (χ4n) is 2.26. The predicted octanol–water partition coefficient (Wildman–Crippen LogP) is 3.71. The van der Waals surface area contributed by atoms with Crippen LogP contribution < -0.4 is 14.8 Å². The van der Waals surface area contributed by atoms with Gasteiger partial charge in [-0.05, 0) is 12.8 Å². The molecule has 0 saturated heterocycles. The van der Waals surface area contributed by atoms with Gasteiger partial charge in [-0.25, -0.2) is 0 Å². The molecule has 1 aromatic carbocycles. The molecule has 94 valence electrons. The summed E-state index contributed by atoms with van der Waals surface area (Å²) in [4.78, 5) is 0. The number of benzene rings is 1. The third kappa shape index (κ3) is 2.78. The van der Waals surface area contributed by atoms with Crippen LogP contribution in [0.4, 0.5) is 5.69 Å². The van der Waals surface area contributed by atoms with Crippen molar-refractivity contribution in [3.8, 4) is 11.5 Å². The van der Waals surface area contributed by atoms with E-state index in [1.807, 2.05) is 6.07 Å². The summed E-state index contributed by atoms with van der Waals surface area (Å²) >= 11 is 6.06. The maximum absolute atomic E-state index is 6.06. The second-order valence-corrected chi connectivity index (χ2v) is 4.72. The van der Waals surface area contributed by atoms with Gasteiger partial charge < -0.3 is 14.8 Å². The van der Waals surface area contributed by atoms with Crippen LogP contribution in [0.5, 0.6) is 11.5 Å². The highest BCUT2D eigenvalue weighted by Crippen LogP contribution is 2.37. The van der Waals surface area contributed by atoms with Crippen LogP contribution in [-0.2, 0) is 0 Å². The standard InChI is InChI=1S/C13H18ClNO2/c1-16-12-8-11(13(17-2)7-10(12)14)15-9-5-3-4-6-9/h7-9,15H,3-6H2,1-2H3. The van der Waals surface area contributed by atoms with Gasteiger partial charge in [-0.15, -0.1) is 0 Å². The van der Waals surface area contributed by atoms with Gasteiger partial charge in [0.1, 0.15) is 11.5 Å². The lowest BCUT2D eigenvalue weighted by Crippen LogP contribution is -2.15. The smallest absolute Gasteiger partial charge is 0.143 e. The molecule has 0 amide bonds. The third-order valence-electron chi connectivity index (χ3n) is 3.19. The Morgan fingerprint density at radius 3 is 2.35 bits per heavy atom. The lowest BCUT2D eigenvalue weighted by molar-refractivity contribution is 0.404. The first-order chi connectivity index (χ1) is 8.24. The summed E-state index contributed by atoms with van der Waals surface area (Å²) in [6.07, 6.45) is 5.03. The molecule has 1 N–H and O–H groups in total. The van der Waals surface area contributed by atoms with Crippen LogP contribution in [0.25, 0.3) is 0 Å². The number of ether oxygens (including phenoxy) is 2. The topological polar surface area (TPSA) is 30.5 Å². The Balaban J connectivity index is 2.23. The zero-order chi connectivity index (χ0) is 12.3. The van der Waals surface area contributed by atoms with Crippen LogP contribution in [-0.4, -0.2) is 20.3 Å². The van der Waals surface area contributed by atoms with Gasteiger partial charge in [-0.3, -0.25) is 0 Å². The molecule has 0 atom stereocenters. The minimum absolute atomic E-state index is 0.537. The van der Waals surface area contributed by atoms with E-state index >= 15 is 0 Å². The first-order valence-corrected chi connectivity index (χ1v) is 6.30. The minimum Gasteiger partial charge on any atom is -0.495 e. The third-order valence-corrected chi connectivity index (χ3v) is 3.48. The molecule has 1 saturated carbocycles. The van der Waals surface area contributed by atoms with Crippen molar-refractivity contribution in [3.63, 3.8) is 0 Å². The Morgan fingerprint density at radius 1 is 1.12 bits per heavy atom. The number of methoxy groups -OCH3 is 2. The molecule has 0 aliphatic heterocycles. The van der Waals surface area contributed by atoms with E-state index in [1.54, 1.807) is 20.3 Å². The zero-order valence-electron chi connectivity index (χ0n) is 10.3. The highest BCUT2D eigenvalue weighted by atomic mass is 35.5. The van der Waals surface area contributed by atoms with Gasteiger partial charge in [0.05, 0.1) is 24.9 Å². The Hall–Kier alpha value is -1.09. The molecule has 0 aromatic heterocycles. The van der Waals surface area contributed by atoms with Crippen molar-refractivity contribution >= 4 is 17.3 Å². The molecule has 0 radical (unpaired) electrons.